The summed E-state index contributed by atoms with van der Waals surface area (Å²) in [5, 5.41) is 3.06. The largest absolute Gasteiger partial charge is 0.490 e. The van der Waals surface area contributed by atoms with Crippen LogP contribution >= 0.6 is 11.3 Å². The van der Waals surface area contributed by atoms with Crippen LogP contribution in [-0.2, 0) is 0 Å². The molecule has 2 heterocycles. The number of benzene rings is 1. The van der Waals surface area contributed by atoms with Crippen LogP contribution < -0.4 is 15.2 Å². The minimum absolute atomic E-state index is 0.0363. The fourth-order valence-corrected chi connectivity index (χ4v) is 3.21. The van der Waals surface area contributed by atoms with Gasteiger partial charge in [0, 0.05) is 17.4 Å². The zero-order valence-electron chi connectivity index (χ0n) is 12.2. The summed E-state index contributed by atoms with van der Waals surface area (Å²) in [5.74, 6) is 1.62. The first kappa shape index (κ1) is 14.4. The Morgan fingerprint density at radius 3 is 2.90 bits per heavy atom. The Morgan fingerprint density at radius 2 is 2.10 bits per heavy atom. The van der Waals surface area contributed by atoms with Crippen LogP contribution in [0.2, 0.25) is 0 Å². The summed E-state index contributed by atoms with van der Waals surface area (Å²) in [6.45, 7) is 3.54. The average molecular weight is 304 g/mol. The van der Waals surface area contributed by atoms with E-state index in [-0.39, 0.29) is 6.04 Å². The van der Waals surface area contributed by atoms with Gasteiger partial charge in [-0.15, -0.1) is 11.3 Å². The zero-order valence-corrected chi connectivity index (χ0v) is 13.0. The van der Waals surface area contributed by atoms with Gasteiger partial charge in [0.2, 0.25) is 0 Å². The third-order valence-corrected chi connectivity index (χ3v) is 4.46. The molecule has 1 aliphatic rings. The monoisotopic (exact) mass is 304 g/mol. The lowest BCUT2D eigenvalue weighted by Gasteiger charge is -2.08. The molecule has 1 atom stereocenters. The molecule has 4 nitrogen and oxygen atoms in total. The van der Waals surface area contributed by atoms with Crippen molar-refractivity contribution >= 4 is 11.3 Å². The van der Waals surface area contributed by atoms with E-state index in [1.54, 1.807) is 11.3 Å². The van der Waals surface area contributed by atoms with Crippen LogP contribution in [0.1, 0.15) is 37.2 Å². The summed E-state index contributed by atoms with van der Waals surface area (Å²) >= 11 is 1.63. The summed E-state index contributed by atoms with van der Waals surface area (Å²) in [7, 11) is 0. The number of nitrogens with two attached hydrogens (primary N) is 1. The molecule has 0 spiro atoms. The van der Waals surface area contributed by atoms with Crippen molar-refractivity contribution in [2.24, 2.45) is 5.73 Å². The van der Waals surface area contributed by atoms with E-state index in [2.05, 4.69) is 17.3 Å². The molecule has 1 aromatic carbocycles. The van der Waals surface area contributed by atoms with Gasteiger partial charge in [0.15, 0.2) is 11.5 Å². The quantitative estimate of drug-likeness (QED) is 0.934. The molecule has 2 N–H and O–H groups in total. The Labute approximate surface area is 128 Å². The minimum Gasteiger partial charge on any atom is -0.490 e. The number of hydrogen-bond donors (Lipinski definition) is 1. The molecule has 112 valence electrons. The smallest absolute Gasteiger partial charge is 0.161 e. The highest BCUT2D eigenvalue weighted by atomic mass is 32.1. The number of thiazole rings is 1. The van der Waals surface area contributed by atoms with E-state index >= 15 is 0 Å². The van der Waals surface area contributed by atoms with Crippen LogP contribution in [0.15, 0.2) is 23.6 Å². The Morgan fingerprint density at radius 1 is 1.29 bits per heavy atom. The van der Waals surface area contributed by atoms with Gasteiger partial charge in [-0.25, -0.2) is 4.98 Å². The molecule has 0 saturated heterocycles. The second-order valence-corrected chi connectivity index (χ2v) is 6.07. The van der Waals surface area contributed by atoms with Crippen molar-refractivity contribution in [2.75, 3.05) is 13.2 Å². The number of hydrogen-bond acceptors (Lipinski definition) is 5. The van der Waals surface area contributed by atoms with E-state index in [4.69, 9.17) is 15.2 Å². The van der Waals surface area contributed by atoms with Gasteiger partial charge in [-0.3, -0.25) is 0 Å². The second-order valence-electron chi connectivity index (χ2n) is 5.18. The normalized spacial score (nSPS) is 15.5. The molecule has 1 aromatic heterocycles. The summed E-state index contributed by atoms with van der Waals surface area (Å²) in [4.78, 5) is 4.67. The van der Waals surface area contributed by atoms with Gasteiger partial charge in [0.25, 0.3) is 0 Å². The number of aromatic nitrogens is 1. The lowest BCUT2D eigenvalue weighted by molar-refractivity contribution is 0.297. The van der Waals surface area contributed by atoms with Crippen LogP contribution in [0.5, 0.6) is 11.5 Å². The third kappa shape index (κ3) is 3.19. The van der Waals surface area contributed by atoms with Crippen LogP contribution in [-0.4, -0.2) is 18.2 Å². The van der Waals surface area contributed by atoms with Crippen molar-refractivity contribution in [1.82, 2.24) is 4.98 Å². The van der Waals surface area contributed by atoms with Gasteiger partial charge >= 0.3 is 0 Å². The third-order valence-electron chi connectivity index (χ3n) is 3.48. The van der Waals surface area contributed by atoms with E-state index < -0.39 is 0 Å². The molecular weight excluding hydrogens is 284 g/mol. The summed E-state index contributed by atoms with van der Waals surface area (Å²) in [6.07, 6.45) is 2.95. The van der Waals surface area contributed by atoms with Crippen molar-refractivity contribution in [3.05, 3.63) is 28.6 Å². The lowest BCUT2D eigenvalue weighted by Crippen LogP contribution is -2.09. The molecule has 3 rings (SSSR count). The Hall–Kier alpha value is -1.59. The zero-order chi connectivity index (χ0) is 14.7. The predicted molar refractivity (Wildman–Crippen MR) is 85.0 cm³/mol. The molecule has 1 aliphatic heterocycles. The van der Waals surface area contributed by atoms with Gasteiger partial charge < -0.3 is 15.2 Å². The Balaban J connectivity index is 1.85. The van der Waals surface area contributed by atoms with E-state index in [0.717, 1.165) is 47.0 Å². The van der Waals surface area contributed by atoms with E-state index in [1.165, 1.54) is 0 Å². The summed E-state index contributed by atoms with van der Waals surface area (Å²) in [6, 6.07) is 6.03. The molecule has 0 fully saturated rings. The fraction of sp³-hybridized carbons (Fsp3) is 0.438. The highest BCUT2D eigenvalue weighted by molar-refractivity contribution is 7.10. The van der Waals surface area contributed by atoms with Gasteiger partial charge in [0.1, 0.15) is 5.01 Å². The van der Waals surface area contributed by atoms with Gasteiger partial charge in [-0.1, -0.05) is 13.3 Å². The SMILES string of the molecule is CCCC(N)c1nc(-c2ccc3c(c2)OCCCO3)cs1. The van der Waals surface area contributed by atoms with Gasteiger partial charge in [0.05, 0.1) is 24.9 Å². The van der Waals surface area contributed by atoms with Gasteiger partial charge in [-0.2, -0.15) is 0 Å². The maximum absolute atomic E-state index is 6.13. The average Bonchev–Trinajstić information content (AvgIpc) is 2.87. The highest BCUT2D eigenvalue weighted by Crippen LogP contribution is 2.35. The molecule has 0 bridgehead atoms. The van der Waals surface area contributed by atoms with E-state index in [9.17, 15) is 0 Å². The molecule has 21 heavy (non-hydrogen) atoms. The summed E-state index contributed by atoms with van der Waals surface area (Å²) in [5.41, 5.74) is 8.13. The first-order valence-corrected chi connectivity index (χ1v) is 8.27. The Kier molecular flexibility index (Phi) is 4.41. The number of ether oxygens (including phenoxy) is 2. The molecule has 0 saturated carbocycles. The van der Waals surface area contributed by atoms with Crippen molar-refractivity contribution in [2.45, 2.75) is 32.2 Å². The Bertz CT molecular complexity index is 612. The molecule has 0 aliphatic carbocycles. The number of rotatable bonds is 4. The molecule has 2 aromatic rings. The maximum atomic E-state index is 6.13. The van der Waals surface area contributed by atoms with Crippen molar-refractivity contribution < 1.29 is 9.47 Å². The van der Waals surface area contributed by atoms with E-state index in [1.807, 2.05) is 18.2 Å². The first-order chi connectivity index (χ1) is 10.3. The topological polar surface area (TPSA) is 57.4 Å². The standard InChI is InChI=1S/C16H20N2O2S/c1-2-4-12(17)16-18-13(10-21-16)11-5-6-14-15(9-11)20-8-3-7-19-14/h5-6,9-10,12H,2-4,7-8,17H2,1H3. The van der Waals surface area contributed by atoms with Crippen molar-refractivity contribution in [1.29, 1.82) is 0 Å². The minimum atomic E-state index is 0.0363. The van der Waals surface area contributed by atoms with E-state index in [0.29, 0.717) is 13.2 Å². The summed E-state index contributed by atoms with van der Waals surface area (Å²) < 4.78 is 11.4. The molecular formula is C16H20N2O2S. The number of fused-ring (bicyclic) bond motifs is 1. The van der Waals surface area contributed by atoms with Gasteiger partial charge in [-0.05, 0) is 24.6 Å². The maximum Gasteiger partial charge on any atom is 0.161 e. The predicted octanol–water partition coefficient (Wildman–Crippen LogP) is 3.77. The molecule has 1 unspecified atom stereocenters. The lowest BCUT2D eigenvalue weighted by atomic mass is 10.1. The second kappa shape index (κ2) is 6.45. The number of nitrogens with zero attached hydrogens (tertiary/aromatic N) is 1. The van der Waals surface area contributed by atoms with Crippen LogP contribution in [0.4, 0.5) is 0 Å². The van der Waals surface area contributed by atoms with Crippen LogP contribution in [0.3, 0.4) is 0 Å². The molecule has 0 amide bonds. The van der Waals surface area contributed by atoms with Crippen LogP contribution in [0, 0.1) is 0 Å². The van der Waals surface area contributed by atoms with Crippen molar-refractivity contribution in [3.63, 3.8) is 0 Å². The molecule has 5 heteroatoms. The first-order valence-electron chi connectivity index (χ1n) is 7.39. The van der Waals surface area contributed by atoms with Crippen molar-refractivity contribution in [3.8, 4) is 22.8 Å². The van der Waals surface area contributed by atoms with Crippen LogP contribution in [0.25, 0.3) is 11.3 Å². The highest BCUT2D eigenvalue weighted by Gasteiger charge is 2.14. The fourth-order valence-electron chi connectivity index (χ4n) is 2.35. The molecule has 0 radical (unpaired) electrons.